The molecule has 5 nitrogen and oxygen atoms in total. The molecular weight excluding hydrogens is 300 g/mol. The zero-order chi connectivity index (χ0) is 16.4. The van der Waals surface area contributed by atoms with Crippen LogP contribution in [0.25, 0.3) is 11.0 Å². The molecule has 1 aliphatic rings. The van der Waals surface area contributed by atoms with Crippen LogP contribution in [0.1, 0.15) is 17.0 Å². The number of carbonyl (C=O) groups is 1. The minimum Gasteiger partial charge on any atom is -0.342 e. The highest BCUT2D eigenvalue weighted by molar-refractivity contribution is 5.75. The molecule has 0 aliphatic heterocycles. The number of aromatic nitrogens is 2. The molecule has 2 amide bonds. The number of rotatable bonds is 4. The first-order valence-corrected chi connectivity index (χ1v) is 8.33. The Kier molecular flexibility index (Phi) is 3.91. The maximum absolute atomic E-state index is 12.1. The molecule has 5 heteroatoms. The average molecular weight is 320 g/mol. The molecule has 0 saturated heterocycles. The van der Waals surface area contributed by atoms with Gasteiger partial charge in [-0.05, 0) is 36.1 Å². The number of urea groups is 1. The van der Waals surface area contributed by atoms with Crippen LogP contribution in [-0.4, -0.2) is 28.6 Å². The molecule has 1 aromatic heterocycles. The van der Waals surface area contributed by atoms with E-state index in [0.717, 1.165) is 29.7 Å². The van der Waals surface area contributed by atoms with Gasteiger partial charge in [0.15, 0.2) is 0 Å². The van der Waals surface area contributed by atoms with Crippen molar-refractivity contribution in [2.24, 2.45) is 0 Å². The molecular formula is C19H20N4O. The fraction of sp³-hybridized carbons (Fsp3) is 0.263. The maximum Gasteiger partial charge on any atom is 0.315 e. The average Bonchev–Trinajstić information content (AvgIpc) is 3.17. The molecule has 4 rings (SSSR count). The van der Waals surface area contributed by atoms with Gasteiger partial charge in [-0.25, -0.2) is 9.78 Å². The van der Waals surface area contributed by atoms with Crippen LogP contribution in [0.2, 0.25) is 0 Å². The highest BCUT2D eigenvalue weighted by Gasteiger charge is 2.22. The molecule has 0 saturated carbocycles. The monoisotopic (exact) mass is 320 g/mol. The third-order valence-corrected chi connectivity index (χ3v) is 4.47. The van der Waals surface area contributed by atoms with Gasteiger partial charge in [0.1, 0.15) is 5.82 Å². The number of nitrogens with one attached hydrogen (secondary N) is 3. The van der Waals surface area contributed by atoms with Gasteiger partial charge in [0.25, 0.3) is 0 Å². The van der Waals surface area contributed by atoms with E-state index in [1.54, 1.807) is 0 Å². The molecule has 3 N–H and O–H groups in total. The van der Waals surface area contributed by atoms with Gasteiger partial charge in [-0.2, -0.15) is 0 Å². The van der Waals surface area contributed by atoms with Gasteiger partial charge in [-0.1, -0.05) is 36.4 Å². The first-order chi connectivity index (χ1) is 11.8. The quantitative estimate of drug-likeness (QED) is 0.691. The zero-order valence-corrected chi connectivity index (χ0v) is 13.4. The van der Waals surface area contributed by atoms with Gasteiger partial charge >= 0.3 is 6.03 Å². The standard InChI is InChI=1S/C19H20N4O/c24-19(21-15-11-13-5-1-2-6-14(13)12-15)20-10-9-18-22-16-7-3-4-8-17(16)23-18/h1-8,15H,9-12H2,(H,22,23)(H2,20,21,24). The maximum atomic E-state index is 12.1. The van der Waals surface area contributed by atoms with Crippen molar-refractivity contribution in [2.75, 3.05) is 6.54 Å². The van der Waals surface area contributed by atoms with Crippen molar-refractivity contribution < 1.29 is 4.79 Å². The minimum absolute atomic E-state index is 0.107. The van der Waals surface area contributed by atoms with E-state index in [1.165, 1.54) is 11.1 Å². The number of aromatic amines is 1. The van der Waals surface area contributed by atoms with Crippen LogP contribution >= 0.6 is 0 Å². The van der Waals surface area contributed by atoms with Gasteiger partial charge < -0.3 is 15.6 Å². The van der Waals surface area contributed by atoms with E-state index in [0.29, 0.717) is 13.0 Å². The van der Waals surface area contributed by atoms with Crippen LogP contribution in [0.5, 0.6) is 0 Å². The fourth-order valence-corrected chi connectivity index (χ4v) is 3.32. The number of para-hydroxylation sites is 2. The summed E-state index contributed by atoms with van der Waals surface area (Å²) in [6.07, 6.45) is 2.51. The lowest BCUT2D eigenvalue weighted by Gasteiger charge is -2.12. The fourth-order valence-electron chi connectivity index (χ4n) is 3.32. The summed E-state index contributed by atoms with van der Waals surface area (Å²) in [5, 5.41) is 5.98. The van der Waals surface area contributed by atoms with Crippen molar-refractivity contribution in [1.29, 1.82) is 0 Å². The Bertz CT molecular complexity index is 812. The van der Waals surface area contributed by atoms with Crippen LogP contribution in [0.4, 0.5) is 4.79 Å². The molecule has 0 fully saturated rings. The molecule has 24 heavy (non-hydrogen) atoms. The number of hydrogen-bond donors (Lipinski definition) is 3. The topological polar surface area (TPSA) is 69.8 Å². The van der Waals surface area contributed by atoms with Crippen molar-refractivity contribution in [3.05, 3.63) is 65.5 Å². The molecule has 0 atom stereocenters. The summed E-state index contributed by atoms with van der Waals surface area (Å²) in [6, 6.07) is 16.4. The summed E-state index contributed by atoms with van der Waals surface area (Å²) < 4.78 is 0. The van der Waals surface area contributed by atoms with Crippen molar-refractivity contribution in [1.82, 2.24) is 20.6 Å². The molecule has 0 spiro atoms. The number of fused-ring (bicyclic) bond motifs is 2. The van der Waals surface area contributed by atoms with Crippen LogP contribution in [-0.2, 0) is 19.3 Å². The SMILES string of the molecule is O=C(NCCc1nc2ccccc2[nH]1)NC1Cc2ccccc2C1. The van der Waals surface area contributed by atoms with E-state index in [9.17, 15) is 4.79 Å². The lowest BCUT2D eigenvalue weighted by molar-refractivity contribution is 0.237. The summed E-state index contributed by atoms with van der Waals surface area (Å²) >= 11 is 0. The van der Waals surface area contributed by atoms with Gasteiger partial charge in [0, 0.05) is 19.0 Å². The second-order valence-corrected chi connectivity index (χ2v) is 6.22. The second-order valence-electron chi connectivity index (χ2n) is 6.22. The summed E-state index contributed by atoms with van der Waals surface area (Å²) in [5.41, 5.74) is 4.66. The molecule has 1 heterocycles. The zero-order valence-electron chi connectivity index (χ0n) is 13.4. The molecule has 0 radical (unpaired) electrons. The number of imidazole rings is 1. The Balaban J connectivity index is 1.25. The predicted octanol–water partition coefficient (Wildman–Crippen LogP) is 2.57. The van der Waals surface area contributed by atoms with Crippen LogP contribution < -0.4 is 10.6 Å². The molecule has 3 aromatic rings. The predicted molar refractivity (Wildman–Crippen MR) is 94.0 cm³/mol. The number of nitrogens with zero attached hydrogens (tertiary/aromatic N) is 1. The van der Waals surface area contributed by atoms with Gasteiger partial charge in [-0.3, -0.25) is 0 Å². The molecule has 0 unspecified atom stereocenters. The largest absolute Gasteiger partial charge is 0.342 e. The molecule has 0 bridgehead atoms. The lowest BCUT2D eigenvalue weighted by atomic mass is 10.1. The van der Waals surface area contributed by atoms with E-state index >= 15 is 0 Å². The van der Waals surface area contributed by atoms with Crippen molar-refractivity contribution >= 4 is 17.1 Å². The van der Waals surface area contributed by atoms with E-state index < -0.39 is 0 Å². The van der Waals surface area contributed by atoms with Gasteiger partial charge in [-0.15, -0.1) is 0 Å². The van der Waals surface area contributed by atoms with Crippen molar-refractivity contribution in [2.45, 2.75) is 25.3 Å². The Morgan fingerprint density at radius 3 is 2.54 bits per heavy atom. The summed E-state index contributed by atoms with van der Waals surface area (Å²) in [6.45, 7) is 0.561. The van der Waals surface area contributed by atoms with Gasteiger partial charge in [0.2, 0.25) is 0 Å². The molecule has 1 aliphatic carbocycles. The summed E-state index contributed by atoms with van der Waals surface area (Å²) in [7, 11) is 0. The van der Waals surface area contributed by atoms with Gasteiger partial charge in [0.05, 0.1) is 11.0 Å². The van der Waals surface area contributed by atoms with Crippen LogP contribution in [0.15, 0.2) is 48.5 Å². The minimum atomic E-state index is -0.107. The number of amides is 2. The highest BCUT2D eigenvalue weighted by atomic mass is 16.2. The van der Waals surface area contributed by atoms with Crippen LogP contribution in [0.3, 0.4) is 0 Å². The Morgan fingerprint density at radius 1 is 1.08 bits per heavy atom. The van der Waals surface area contributed by atoms with Crippen molar-refractivity contribution in [3.8, 4) is 0 Å². The van der Waals surface area contributed by atoms with E-state index in [-0.39, 0.29) is 12.1 Å². The van der Waals surface area contributed by atoms with E-state index in [4.69, 9.17) is 0 Å². The number of hydrogen-bond acceptors (Lipinski definition) is 2. The Labute approximate surface area is 140 Å². The first-order valence-electron chi connectivity index (χ1n) is 8.33. The number of carbonyl (C=O) groups excluding carboxylic acids is 1. The third kappa shape index (κ3) is 3.11. The lowest BCUT2D eigenvalue weighted by Crippen LogP contribution is -2.43. The Hall–Kier alpha value is -2.82. The van der Waals surface area contributed by atoms with Crippen LogP contribution in [0, 0.1) is 0 Å². The van der Waals surface area contributed by atoms with E-state index in [1.807, 2.05) is 24.3 Å². The Morgan fingerprint density at radius 2 is 1.79 bits per heavy atom. The number of H-pyrrole nitrogens is 1. The van der Waals surface area contributed by atoms with Crippen molar-refractivity contribution in [3.63, 3.8) is 0 Å². The molecule has 122 valence electrons. The molecule has 2 aromatic carbocycles. The number of benzene rings is 2. The smallest absolute Gasteiger partial charge is 0.315 e. The summed E-state index contributed by atoms with van der Waals surface area (Å²) in [5.74, 6) is 0.893. The summed E-state index contributed by atoms with van der Waals surface area (Å²) in [4.78, 5) is 19.8. The second kappa shape index (κ2) is 6.35. The van der Waals surface area contributed by atoms with E-state index in [2.05, 4.69) is 44.9 Å². The third-order valence-electron chi connectivity index (χ3n) is 4.47. The first kappa shape index (κ1) is 14.8. The normalized spacial score (nSPS) is 13.8. The highest BCUT2D eigenvalue weighted by Crippen LogP contribution is 2.21.